The molecule has 2 aliphatic rings. The van der Waals surface area contributed by atoms with Crippen molar-refractivity contribution in [2.45, 2.75) is 32.4 Å². The van der Waals surface area contributed by atoms with Gasteiger partial charge in [-0.1, -0.05) is 11.6 Å². The van der Waals surface area contributed by atoms with E-state index in [0.29, 0.717) is 30.0 Å². The van der Waals surface area contributed by atoms with Gasteiger partial charge in [-0.2, -0.15) is 5.10 Å². The Balaban J connectivity index is 1.38. The summed E-state index contributed by atoms with van der Waals surface area (Å²) in [7, 11) is 0. The van der Waals surface area contributed by atoms with E-state index < -0.39 is 17.9 Å². The second kappa shape index (κ2) is 10.8. The number of benzene rings is 2. The molecule has 0 aliphatic carbocycles. The van der Waals surface area contributed by atoms with Gasteiger partial charge in [0, 0.05) is 50.3 Å². The van der Waals surface area contributed by atoms with E-state index in [2.05, 4.69) is 10.4 Å². The van der Waals surface area contributed by atoms with Crippen molar-refractivity contribution < 1.29 is 18.8 Å². The monoisotopic (exact) mass is 538 g/mol. The zero-order valence-corrected chi connectivity index (χ0v) is 21.7. The Labute approximate surface area is 224 Å². The van der Waals surface area contributed by atoms with Gasteiger partial charge < -0.3 is 20.0 Å². The summed E-state index contributed by atoms with van der Waals surface area (Å²) in [5, 5.41) is 7.14. The average molecular weight is 539 g/mol. The molecule has 0 unspecified atom stereocenters. The summed E-state index contributed by atoms with van der Waals surface area (Å²) >= 11 is 6.53. The van der Waals surface area contributed by atoms with Crippen molar-refractivity contribution in [3.63, 3.8) is 0 Å². The maximum absolute atomic E-state index is 14.3. The van der Waals surface area contributed by atoms with Crippen LogP contribution >= 0.6 is 11.6 Å². The molecule has 0 radical (unpaired) electrons. The second-order valence-electron chi connectivity index (χ2n) is 9.53. The van der Waals surface area contributed by atoms with Gasteiger partial charge in [-0.3, -0.25) is 9.59 Å². The van der Waals surface area contributed by atoms with E-state index >= 15 is 0 Å². The number of carbonyl (C=O) groups excluding carboxylic acids is 3. The Bertz CT molecular complexity index is 1360. The van der Waals surface area contributed by atoms with E-state index in [1.54, 1.807) is 52.3 Å². The van der Waals surface area contributed by atoms with Crippen molar-refractivity contribution >= 4 is 35.1 Å². The molecule has 11 heteroatoms. The molecule has 5 rings (SSSR count). The van der Waals surface area contributed by atoms with Crippen molar-refractivity contribution in [1.29, 1.82) is 0 Å². The molecule has 198 valence electrons. The zero-order valence-electron chi connectivity index (χ0n) is 20.9. The first-order chi connectivity index (χ1) is 18.3. The molecule has 38 heavy (non-hydrogen) atoms. The Morgan fingerprint density at radius 2 is 1.92 bits per heavy atom. The van der Waals surface area contributed by atoms with Crippen LogP contribution in [0.1, 0.15) is 35.7 Å². The number of aromatic nitrogens is 2. The van der Waals surface area contributed by atoms with E-state index in [0.717, 1.165) is 12.8 Å². The molecule has 0 saturated carbocycles. The number of nitrogens with zero attached hydrogens (tertiary/aromatic N) is 5. The number of carbonyl (C=O) groups is 3. The minimum Gasteiger partial charge on any atom is -0.341 e. The smallest absolute Gasteiger partial charge is 0.318 e. The fourth-order valence-corrected chi connectivity index (χ4v) is 5.18. The number of anilines is 1. The molecular weight excluding hydrogens is 511 g/mol. The minimum absolute atomic E-state index is 0.0771. The predicted octanol–water partition coefficient (Wildman–Crippen LogP) is 3.85. The standard InChI is InChI=1S/C27H28ClFN6O3/c1-18-16-34(26(37)22-7-6-21(14-23(22)28)35-12-4-9-31-35)24-8-5-20(29)13-19(24)17-33(18)27(38)30-15-25(36)32-10-2-3-11-32/h4-9,12-14,18H,2-3,10-11,15-17H2,1H3,(H,30,38)/t18-/m1/s1. The van der Waals surface area contributed by atoms with Crippen LogP contribution in [0.2, 0.25) is 5.02 Å². The fourth-order valence-electron chi connectivity index (χ4n) is 4.93. The van der Waals surface area contributed by atoms with Crippen LogP contribution in [0.5, 0.6) is 0 Å². The third-order valence-electron chi connectivity index (χ3n) is 6.96. The Hall–Kier alpha value is -3.92. The molecule has 3 heterocycles. The molecule has 2 aliphatic heterocycles. The Morgan fingerprint density at radius 1 is 1.13 bits per heavy atom. The van der Waals surface area contributed by atoms with Crippen LogP contribution in [-0.4, -0.2) is 69.6 Å². The molecule has 2 aromatic carbocycles. The van der Waals surface area contributed by atoms with E-state index in [1.807, 2.05) is 6.92 Å². The lowest BCUT2D eigenvalue weighted by Gasteiger charge is -2.29. The maximum Gasteiger partial charge on any atom is 0.318 e. The third-order valence-corrected chi connectivity index (χ3v) is 7.27. The van der Waals surface area contributed by atoms with Crippen LogP contribution in [0.25, 0.3) is 5.69 Å². The lowest BCUT2D eigenvalue weighted by atomic mass is 10.1. The summed E-state index contributed by atoms with van der Waals surface area (Å²) in [6.07, 6.45) is 5.34. The number of nitrogens with one attached hydrogen (secondary N) is 1. The molecule has 9 nitrogen and oxygen atoms in total. The van der Waals surface area contributed by atoms with Gasteiger partial charge in [0.25, 0.3) is 5.91 Å². The van der Waals surface area contributed by atoms with Gasteiger partial charge in [0.15, 0.2) is 0 Å². The average Bonchev–Trinajstić information content (AvgIpc) is 3.62. The van der Waals surface area contributed by atoms with Gasteiger partial charge in [-0.15, -0.1) is 0 Å². The lowest BCUT2D eigenvalue weighted by Crippen LogP contribution is -2.50. The number of likely N-dealkylation sites (tertiary alicyclic amines) is 1. The van der Waals surface area contributed by atoms with Gasteiger partial charge >= 0.3 is 6.03 Å². The number of hydrogen-bond acceptors (Lipinski definition) is 4. The zero-order chi connectivity index (χ0) is 26.8. The van der Waals surface area contributed by atoms with Gasteiger partial charge in [-0.05, 0) is 67.8 Å². The van der Waals surface area contributed by atoms with Gasteiger partial charge in [-0.25, -0.2) is 13.9 Å². The molecular formula is C27H28ClFN6O3. The highest BCUT2D eigenvalue weighted by molar-refractivity contribution is 6.34. The van der Waals surface area contributed by atoms with Crippen LogP contribution in [-0.2, 0) is 11.3 Å². The second-order valence-corrected chi connectivity index (χ2v) is 9.93. The van der Waals surface area contributed by atoms with Crippen LogP contribution < -0.4 is 10.2 Å². The first-order valence-corrected chi connectivity index (χ1v) is 12.9. The quantitative estimate of drug-likeness (QED) is 0.546. The van der Waals surface area contributed by atoms with Crippen LogP contribution in [0, 0.1) is 5.82 Å². The van der Waals surface area contributed by atoms with Gasteiger partial charge in [0.1, 0.15) is 5.82 Å². The molecule has 1 atom stereocenters. The van der Waals surface area contributed by atoms with Crippen molar-refractivity contribution in [3.8, 4) is 5.69 Å². The first kappa shape index (κ1) is 25.7. The number of fused-ring (bicyclic) bond motifs is 1. The minimum atomic E-state index is -0.475. The number of amides is 4. The Morgan fingerprint density at radius 3 is 2.63 bits per heavy atom. The van der Waals surface area contributed by atoms with Crippen molar-refractivity contribution in [2.24, 2.45) is 0 Å². The predicted molar refractivity (Wildman–Crippen MR) is 141 cm³/mol. The fraction of sp³-hybridized carbons (Fsp3) is 0.333. The summed E-state index contributed by atoms with van der Waals surface area (Å²) in [6.45, 7) is 3.33. The molecule has 3 aromatic rings. The number of halogens is 2. The molecule has 1 aromatic heterocycles. The highest BCUT2D eigenvalue weighted by atomic mass is 35.5. The van der Waals surface area contributed by atoms with Crippen LogP contribution in [0.15, 0.2) is 54.9 Å². The van der Waals surface area contributed by atoms with Crippen molar-refractivity contribution in [3.05, 3.63) is 76.8 Å². The van der Waals surface area contributed by atoms with Crippen LogP contribution in [0.4, 0.5) is 14.9 Å². The van der Waals surface area contributed by atoms with E-state index in [-0.39, 0.29) is 42.0 Å². The normalized spacial score (nSPS) is 17.2. The SMILES string of the molecule is C[C@@H]1CN(C(=O)c2ccc(-n3cccn3)cc2Cl)c2ccc(F)cc2CN1C(=O)NCC(=O)N1CCCC1. The molecule has 0 bridgehead atoms. The Kier molecular flexibility index (Phi) is 7.33. The summed E-state index contributed by atoms with van der Waals surface area (Å²) in [5.74, 6) is -0.972. The third kappa shape index (κ3) is 5.22. The maximum atomic E-state index is 14.3. The summed E-state index contributed by atoms with van der Waals surface area (Å²) in [6, 6.07) is 10.1. The molecule has 4 amide bonds. The number of hydrogen-bond donors (Lipinski definition) is 1. The summed E-state index contributed by atoms with van der Waals surface area (Å²) in [5.41, 5.74) is 1.96. The van der Waals surface area contributed by atoms with E-state index in [9.17, 15) is 18.8 Å². The largest absolute Gasteiger partial charge is 0.341 e. The highest BCUT2D eigenvalue weighted by Crippen LogP contribution is 2.31. The van der Waals surface area contributed by atoms with E-state index in [1.165, 1.54) is 21.9 Å². The number of rotatable bonds is 4. The molecule has 0 spiro atoms. The highest BCUT2D eigenvalue weighted by Gasteiger charge is 2.33. The molecule has 1 fully saturated rings. The van der Waals surface area contributed by atoms with Crippen LogP contribution in [0.3, 0.4) is 0 Å². The van der Waals surface area contributed by atoms with Gasteiger partial charge in [0.05, 0.1) is 22.8 Å². The summed E-state index contributed by atoms with van der Waals surface area (Å²) in [4.78, 5) is 44.1. The lowest BCUT2D eigenvalue weighted by molar-refractivity contribution is -0.129. The summed E-state index contributed by atoms with van der Waals surface area (Å²) < 4.78 is 15.9. The van der Waals surface area contributed by atoms with Gasteiger partial charge in [0.2, 0.25) is 5.91 Å². The topological polar surface area (TPSA) is 90.8 Å². The van der Waals surface area contributed by atoms with Crippen molar-refractivity contribution in [1.82, 2.24) is 24.9 Å². The number of urea groups is 1. The van der Waals surface area contributed by atoms with E-state index in [4.69, 9.17) is 11.6 Å². The first-order valence-electron chi connectivity index (χ1n) is 12.5. The molecule has 1 saturated heterocycles. The molecule has 1 N–H and O–H groups in total. The van der Waals surface area contributed by atoms with Crippen molar-refractivity contribution in [2.75, 3.05) is 31.1 Å².